The summed E-state index contributed by atoms with van der Waals surface area (Å²) in [6, 6.07) is 34.7. The van der Waals surface area contributed by atoms with Gasteiger partial charge in [-0.15, -0.1) is 0 Å². The molecule has 0 saturated heterocycles. The fraction of sp³-hybridized carbons (Fsp3) is 0.182. The normalized spacial score (nSPS) is 11.4. The molecule has 45 heavy (non-hydrogen) atoms. The van der Waals surface area contributed by atoms with Gasteiger partial charge in [-0.2, -0.15) is 0 Å². The van der Waals surface area contributed by atoms with Gasteiger partial charge in [-0.25, -0.2) is 14.4 Å². The molecule has 0 saturated carbocycles. The molecule has 0 bridgehead atoms. The molecule has 12 heteroatoms. The first-order valence-electron chi connectivity index (χ1n) is 14.0. The lowest BCUT2D eigenvalue weighted by atomic mass is 9.92. The number of ether oxygens (including phenoxy) is 4. The van der Waals surface area contributed by atoms with Crippen molar-refractivity contribution in [3.63, 3.8) is 0 Å². The minimum absolute atomic E-state index is 0.371. The number of para-hydroxylation sites is 4. The molecule has 4 aromatic rings. The second-order valence-electron chi connectivity index (χ2n) is 9.88. The van der Waals surface area contributed by atoms with Crippen LogP contribution >= 0.6 is 0 Å². The lowest BCUT2D eigenvalue weighted by molar-refractivity contribution is -0.135. The van der Waals surface area contributed by atoms with Crippen molar-refractivity contribution >= 4 is 41.0 Å². The molecule has 0 heterocycles. The zero-order valence-corrected chi connectivity index (χ0v) is 24.3. The van der Waals surface area contributed by atoms with Crippen molar-refractivity contribution in [2.45, 2.75) is 6.41 Å². The van der Waals surface area contributed by atoms with Gasteiger partial charge in [0.1, 0.15) is 19.8 Å². The predicted molar refractivity (Wildman–Crippen MR) is 169 cm³/mol. The van der Waals surface area contributed by atoms with E-state index in [9.17, 15) is 19.5 Å². The van der Waals surface area contributed by atoms with Gasteiger partial charge in [0, 0.05) is 22.7 Å². The molecule has 0 aliphatic rings. The fourth-order valence-electron chi connectivity index (χ4n) is 3.91. The summed E-state index contributed by atoms with van der Waals surface area (Å²) in [5.74, 6) is 0. The molecule has 1 atom stereocenters. The lowest BCUT2D eigenvalue weighted by Gasteiger charge is -2.32. The molecule has 0 radical (unpaired) electrons. The summed E-state index contributed by atoms with van der Waals surface area (Å²) in [5, 5.41) is 21.2. The number of benzene rings is 4. The minimum atomic E-state index is -1.51. The Morgan fingerprint density at radius 3 is 1.16 bits per heavy atom. The first kappa shape index (κ1) is 32.3. The van der Waals surface area contributed by atoms with Crippen LogP contribution in [0.15, 0.2) is 121 Å². The Kier molecular flexibility index (Phi) is 12.1. The van der Waals surface area contributed by atoms with Gasteiger partial charge >= 0.3 is 18.3 Å². The van der Waals surface area contributed by atoms with Gasteiger partial charge in [-0.05, 0) is 48.5 Å². The van der Waals surface area contributed by atoms with Crippen LogP contribution in [0.3, 0.4) is 0 Å². The maximum atomic E-state index is 12.7. The summed E-state index contributed by atoms with van der Waals surface area (Å²) in [5.41, 5.74) is 0.581. The molecule has 1 unspecified atom stereocenters. The topological polar surface area (TPSA) is 156 Å². The van der Waals surface area contributed by atoms with Crippen LogP contribution in [0.25, 0.3) is 0 Å². The first-order valence-corrected chi connectivity index (χ1v) is 14.0. The van der Waals surface area contributed by atoms with Crippen LogP contribution in [0.2, 0.25) is 0 Å². The van der Waals surface area contributed by atoms with Crippen molar-refractivity contribution < 1.29 is 38.4 Å². The molecular weight excluding hydrogens is 580 g/mol. The van der Waals surface area contributed by atoms with E-state index in [0.29, 0.717) is 22.7 Å². The van der Waals surface area contributed by atoms with Crippen LogP contribution in [0.1, 0.15) is 0 Å². The Morgan fingerprint density at radius 2 is 0.822 bits per heavy atom. The molecule has 4 rings (SSSR count). The third-order valence-electron chi connectivity index (χ3n) is 6.20. The molecule has 0 spiro atoms. The van der Waals surface area contributed by atoms with Crippen molar-refractivity contribution in [2.24, 2.45) is 5.41 Å². The maximum Gasteiger partial charge on any atom is 0.411 e. The van der Waals surface area contributed by atoms with Gasteiger partial charge in [0.2, 0.25) is 6.41 Å². The van der Waals surface area contributed by atoms with E-state index in [2.05, 4.69) is 21.3 Å². The summed E-state index contributed by atoms with van der Waals surface area (Å²) in [6.45, 7) is -1.66. The van der Waals surface area contributed by atoms with E-state index in [1.165, 1.54) is 0 Å². The zero-order valence-electron chi connectivity index (χ0n) is 24.3. The second kappa shape index (κ2) is 16.9. The van der Waals surface area contributed by atoms with Gasteiger partial charge in [0.25, 0.3) is 0 Å². The van der Waals surface area contributed by atoms with Crippen molar-refractivity contribution in [1.82, 2.24) is 0 Å². The quantitative estimate of drug-likeness (QED) is 0.0833. The largest absolute Gasteiger partial charge is 0.448 e. The highest BCUT2D eigenvalue weighted by Crippen LogP contribution is 2.23. The van der Waals surface area contributed by atoms with Gasteiger partial charge in [0.05, 0.1) is 12.0 Å². The molecule has 0 aliphatic heterocycles. The van der Waals surface area contributed by atoms with Crippen LogP contribution in [0, 0.1) is 5.41 Å². The molecule has 12 nitrogen and oxygen atoms in total. The number of aliphatic hydroxyl groups is 1. The molecular formula is C33H34N4O8. The van der Waals surface area contributed by atoms with E-state index in [4.69, 9.17) is 18.9 Å². The SMILES string of the molecule is O=C(Nc1ccccc1)OCC(COC(=O)Nc1ccccc1)(COC(=O)Nc1ccccc1)COC(O)Nc1ccccc1. The molecule has 3 amide bonds. The van der Waals surface area contributed by atoms with Crippen LogP contribution in [0.5, 0.6) is 0 Å². The van der Waals surface area contributed by atoms with Gasteiger partial charge < -0.3 is 29.4 Å². The Balaban J connectivity index is 1.50. The molecule has 234 valence electrons. The number of anilines is 4. The van der Waals surface area contributed by atoms with Crippen LogP contribution in [0.4, 0.5) is 37.1 Å². The van der Waals surface area contributed by atoms with Gasteiger partial charge in [-0.3, -0.25) is 16.0 Å². The number of rotatable bonds is 14. The van der Waals surface area contributed by atoms with Crippen molar-refractivity contribution in [3.8, 4) is 0 Å². The average Bonchev–Trinajstić information content (AvgIpc) is 3.06. The number of carbonyl (C=O) groups is 3. The molecule has 0 fully saturated rings. The second-order valence-corrected chi connectivity index (χ2v) is 9.88. The lowest BCUT2D eigenvalue weighted by Crippen LogP contribution is -2.45. The fourth-order valence-corrected chi connectivity index (χ4v) is 3.91. The highest BCUT2D eigenvalue weighted by molar-refractivity contribution is 5.85. The van der Waals surface area contributed by atoms with Crippen LogP contribution < -0.4 is 21.3 Å². The molecule has 4 aromatic carbocycles. The number of nitrogens with one attached hydrogen (secondary N) is 4. The van der Waals surface area contributed by atoms with E-state index in [-0.39, 0.29) is 6.61 Å². The van der Waals surface area contributed by atoms with E-state index in [1.807, 2.05) is 6.07 Å². The molecule has 0 aliphatic carbocycles. The minimum Gasteiger partial charge on any atom is -0.448 e. The monoisotopic (exact) mass is 614 g/mol. The predicted octanol–water partition coefficient (Wildman–Crippen LogP) is 6.12. The van der Waals surface area contributed by atoms with E-state index >= 15 is 0 Å². The number of aliphatic hydroxyl groups excluding tert-OH is 1. The number of hydrogen-bond donors (Lipinski definition) is 5. The first-order chi connectivity index (χ1) is 21.9. The van der Waals surface area contributed by atoms with Gasteiger partial charge in [-0.1, -0.05) is 72.8 Å². The Morgan fingerprint density at radius 1 is 0.511 bits per heavy atom. The standard InChI is InChI=1S/C33H34N4O8/c38-29(34-25-13-5-1-6-14-25)42-21-33(22-43-30(39)35-26-15-7-2-8-16-26,23-44-31(40)36-27-17-9-3-10-18-27)24-45-32(41)37-28-19-11-4-12-20-28/h1-20,29,34,38H,21-24H2,(H,35,39)(H,36,40)(H,37,41). The van der Waals surface area contributed by atoms with E-state index in [1.54, 1.807) is 115 Å². The summed E-state index contributed by atoms with van der Waals surface area (Å²) < 4.78 is 22.2. The summed E-state index contributed by atoms with van der Waals surface area (Å²) in [6.07, 6.45) is -3.94. The van der Waals surface area contributed by atoms with Gasteiger partial charge in [0.15, 0.2) is 0 Å². The van der Waals surface area contributed by atoms with Crippen LogP contribution in [-0.2, 0) is 18.9 Å². The number of amides is 3. The third-order valence-corrected chi connectivity index (χ3v) is 6.20. The smallest absolute Gasteiger partial charge is 0.411 e. The van der Waals surface area contributed by atoms with E-state index < -0.39 is 49.9 Å². The van der Waals surface area contributed by atoms with E-state index in [0.717, 1.165) is 0 Å². The molecule has 0 aromatic heterocycles. The Labute approximate surface area is 260 Å². The van der Waals surface area contributed by atoms with Crippen LogP contribution in [-0.4, -0.2) is 56.2 Å². The summed E-state index contributed by atoms with van der Waals surface area (Å²) in [4.78, 5) is 38.2. The summed E-state index contributed by atoms with van der Waals surface area (Å²) in [7, 11) is 0. The van der Waals surface area contributed by atoms with Crippen molar-refractivity contribution in [3.05, 3.63) is 121 Å². The number of carbonyl (C=O) groups excluding carboxylic acids is 3. The molecule has 5 N–H and O–H groups in total. The van der Waals surface area contributed by atoms with Crippen molar-refractivity contribution in [1.29, 1.82) is 0 Å². The zero-order chi connectivity index (χ0) is 31.7. The summed E-state index contributed by atoms with van der Waals surface area (Å²) >= 11 is 0. The Bertz CT molecular complexity index is 1340. The third kappa shape index (κ3) is 11.5. The van der Waals surface area contributed by atoms with Crippen molar-refractivity contribution in [2.75, 3.05) is 47.7 Å². The average molecular weight is 615 g/mol. The Hall–Kier alpha value is -5.59. The number of hydrogen-bond acceptors (Lipinski definition) is 9. The highest BCUT2D eigenvalue weighted by Gasteiger charge is 2.38. The highest BCUT2D eigenvalue weighted by atomic mass is 16.6. The maximum absolute atomic E-state index is 12.7.